The minimum absolute atomic E-state index is 0.102. The molecule has 1 atom stereocenters. The zero-order valence-corrected chi connectivity index (χ0v) is 14.5. The van der Waals surface area contributed by atoms with Crippen molar-refractivity contribution in [3.05, 3.63) is 36.0 Å². The first-order valence-electron chi connectivity index (χ1n) is 9.21. The van der Waals surface area contributed by atoms with Crippen LogP contribution in [0.25, 0.3) is 10.9 Å². The lowest BCUT2D eigenvalue weighted by Crippen LogP contribution is -2.43. The summed E-state index contributed by atoms with van der Waals surface area (Å²) in [6.07, 6.45) is 8.02. The number of carbonyl (C=O) groups is 2. The molecule has 1 aliphatic heterocycles. The number of fused-ring (bicyclic) bond motifs is 1. The van der Waals surface area contributed by atoms with Gasteiger partial charge in [-0.15, -0.1) is 0 Å². The van der Waals surface area contributed by atoms with Crippen LogP contribution in [0.5, 0.6) is 0 Å². The van der Waals surface area contributed by atoms with Crippen molar-refractivity contribution in [2.24, 2.45) is 0 Å². The Morgan fingerprint density at radius 1 is 1.20 bits per heavy atom. The van der Waals surface area contributed by atoms with E-state index in [0.29, 0.717) is 12.8 Å². The SMILES string of the molecule is O=C(O)CC[C@@H]1CCCCN1C(=O)CCCc1c[nH]c2ccccc12. The van der Waals surface area contributed by atoms with Gasteiger partial charge in [0.15, 0.2) is 0 Å². The van der Waals surface area contributed by atoms with Gasteiger partial charge in [0.2, 0.25) is 5.91 Å². The second kappa shape index (κ2) is 8.19. The summed E-state index contributed by atoms with van der Waals surface area (Å²) >= 11 is 0. The summed E-state index contributed by atoms with van der Waals surface area (Å²) < 4.78 is 0. The van der Waals surface area contributed by atoms with Crippen LogP contribution in [-0.2, 0) is 16.0 Å². The first-order valence-corrected chi connectivity index (χ1v) is 9.21. The molecule has 0 radical (unpaired) electrons. The lowest BCUT2D eigenvalue weighted by Gasteiger charge is -2.35. The number of aryl methyl sites for hydroxylation is 1. The van der Waals surface area contributed by atoms with Crippen LogP contribution in [-0.4, -0.2) is 39.5 Å². The summed E-state index contributed by atoms with van der Waals surface area (Å²) in [7, 11) is 0. The van der Waals surface area contributed by atoms with Gasteiger partial charge >= 0.3 is 5.97 Å². The van der Waals surface area contributed by atoms with Gasteiger partial charge in [-0.1, -0.05) is 18.2 Å². The monoisotopic (exact) mass is 342 g/mol. The molecule has 0 unspecified atom stereocenters. The molecule has 3 rings (SSSR count). The maximum Gasteiger partial charge on any atom is 0.303 e. The minimum Gasteiger partial charge on any atom is -0.481 e. The number of carbonyl (C=O) groups excluding carboxylic acids is 1. The van der Waals surface area contributed by atoms with E-state index in [-0.39, 0.29) is 18.4 Å². The highest BCUT2D eigenvalue weighted by molar-refractivity contribution is 5.83. The third-order valence-corrected chi connectivity index (χ3v) is 5.15. The van der Waals surface area contributed by atoms with Crippen LogP contribution in [0.15, 0.2) is 30.5 Å². The number of para-hydroxylation sites is 1. The molecule has 1 fully saturated rings. The number of aliphatic carboxylic acids is 1. The minimum atomic E-state index is -0.780. The molecule has 1 amide bonds. The third kappa shape index (κ3) is 4.41. The molecule has 1 aromatic heterocycles. The quantitative estimate of drug-likeness (QED) is 0.805. The number of aromatic nitrogens is 1. The van der Waals surface area contributed by atoms with Gasteiger partial charge < -0.3 is 15.0 Å². The summed E-state index contributed by atoms with van der Waals surface area (Å²) in [6.45, 7) is 0.774. The number of H-pyrrole nitrogens is 1. The summed E-state index contributed by atoms with van der Waals surface area (Å²) in [4.78, 5) is 28.6. The molecule has 2 N–H and O–H groups in total. The smallest absolute Gasteiger partial charge is 0.303 e. The van der Waals surface area contributed by atoms with Crippen molar-refractivity contribution in [2.45, 2.75) is 57.4 Å². The molecule has 0 aliphatic carbocycles. The van der Waals surface area contributed by atoms with Crippen LogP contribution in [0.4, 0.5) is 0 Å². The van der Waals surface area contributed by atoms with Crippen molar-refractivity contribution in [1.29, 1.82) is 0 Å². The number of rotatable bonds is 7. The van der Waals surface area contributed by atoms with Gasteiger partial charge in [0.25, 0.3) is 0 Å². The highest BCUT2D eigenvalue weighted by Gasteiger charge is 2.26. The van der Waals surface area contributed by atoms with Gasteiger partial charge in [0, 0.05) is 42.5 Å². The number of aromatic amines is 1. The third-order valence-electron chi connectivity index (χ3n) is 5.15. The highest BCUT2D eigenvalue weighted by Crippen LogP contribution is 2.23. The van der Waals surface area contributed by atoms with Crippen LogP contribution in [0.1, 0.15) is 50.5 Å². The van der Waals surface area contributed by atoms with E-state index in [1.54, 1.807) is 0 Å². The predicted molar refractivity (Wildman–Crippen MR) is 97.5 cm³/mol. The van der Waals surface area contributed by atoms with Crippen molar-refractivity contribution < 1.29 is 14.7 Å². The average molecular weight is 342 g/mol. The number of carboxylic acid groups (broad SMARTS) is 1. The molecule has 5 nitrogen and oxygen atoms in total. The van der Waals surface area contributed by atoms with Gasteiger partial charge in [0.1, 0.15) is 0 Å². The summed E-state index contributed by atoms with van der Waals surface area (Å²) in [5, 5.41) is 10.1. The number of hydrogen-bond donors (Lipinski definition) is 2. The first-order chi connectivity index (χ1) is 12.1. The van der Waals surface area contributed by atoms with Crippen LogP contribution >= 0.6 is 0 Å². The van der Waals surface area contributed by atoms with Crippen LogP contribution in [0.2, 0.25) is 0 Å². The predicted octanol–water partition coefficient (Wildman–Crippen LogP) is 3.74. The normalized spacial score (nSPS) is 17.8. The Morgan fingerprint density at radius 3 is 2.88 bits per heavy atom. The van der Waals surface area contributed by atoms with E-state index in [2.05, 4.69) is 17.1 Å². The maximum absolute atomic E-state index is 12.6. The second-order valence-electron chi connectivity index (χ2n) is 6.88. The molecule has 0 saturated carbocycles. The Balaban J connectivity index is 1.53. The van der Waals surface area contributed by atoms with E-state index < -0.39 is 5.97 Å². The van der Waals surface area contributed by atoms with Crippen molar-refractivity contribution in [2.75, 3.05) is 6.54 Å². The standard InChI is InChI=1S/C20H26N2O3/c23-19(22-13-4-3-7-16(22)11-12-20(24)25)10-5-6-15-14-21-18-9-2-1-8-17(15)18/h1-2,8-9,14,16,21H,3-7,10-13H2,(H,24,25)/t16-/m0/s1. The lowest BCUT2D eigenvalue weighted by molar-refractivity contribution is -0.140. The van der Waals surface area contributed by atoms with E-state index in [1.807, 2.05) is 23.2 Å². The van der Waals surface area contributed by atoms with Gasteiger partial charge in [-0.2, -0.15) is 0 Å². The molecule has 2 heterocycles. The maximum atomic E-state index is 12.6. The fraction of sp³-hybridized carbons (Fsp3) is 0.500. The van der Waals surface area contributed by atoms with Gasteiger partial charge in [-0.25, -0.2) is 0 Å². The van der Waals surface area contributed by atoms with Crippen molar-refractivity contribution >= 4 is 22.8 Å². The Kier molecular flexibility index (Phi) is 5.74. The van der Waals surface area contributed by atoms with Gasteiger partial charge in [-0.3, -0.25) is 9.59 Å². The number of nitrogens with one attached hydrogen (secondary N) is 1. The fourth-order valence-corrected chi connectivity index (χ4v) is 3.83. The van der Waals surface area contributed by atoms with Crippen molar-refractivity contribution in [1.82, 2.24) is 9.88 Å². The number of amides is 1. The van der Waals surface area contributed by atoms with E-state index >= 15 is 0 Å². The Labute approximate surface area is 148 Å². The summed E-state index contributed by atoms with van der Waals surface area (Å²) in [6, 6.07) is 8.32. The van der Waals surface area contributed by atoms with Crippen LogP contribution in [0.3, 0.4) is 0 Å². The lowest BCUT2D eigenvalue weighted by atomic mass is 9.97. The molecule has 5 heteroatoms. The van der Waals surface area contributed by atoms with E-state index in [1.165, 1.54) is 10.9 Å². The number of nitrogens with zero attached hydrogens (tertiary/aromatic N) is 1. The zero-order chi connectivity index (χ0) is 17.6. The molecule has 2 aromatic rings. The molecule has 134 valence electrons. The molecular weight excluding hydrogens is 316 g/mol. The number of hydrogen-bond acceptors (Lipinski definition) is 2. The van der Waals surface area contributed by atoms with Crippen molar-refractivity contribution in [3.63, 3.8) is 0 Å². The zero-order valence-electron chi connectivity index (χ0n) is 14.5. The molecule has 0 bridgehead atoms. The number of likely N-dealkylation sites (tertiary alicyclic amines) is 1. The van der Waals surface area contributed by atoms with Gasteiger partial charge in [-0.05, 0) is 50.2 Å². The number of piperidine rings is 1. The van der Waals surface area contributed by atoms with E-state index in [4.69, 9.17) is 5.11 Å². The average Bonchev–Trinajstić information content (AvgIpc) is 3.03. The topological polar surface area (TPSA) is 73.4 Å². The molecule has 1 saturated heterocycles. The van der Waals surface area contributed by atoms with Crippen molar-refractivity contribution in [3.8, 4) is 0 Å². The Hall–Kier alpha value is -2.30. The molecule has 1 aliphatic rings. The van der Waals surface area contributed by atoms with Gasteiger partial charge in [0.05, 0.1) is 0 Å². The van der Waals surface area contributed by atoms with E-state index in [9.17, 15) is 9.59 Å². The first kappa shape index (κ1) is 17.5. The number of carboxylic acids is 1. The van der Waals surface area contributed by atoms with E-state index in [0.717, 1.165) is 44.2 Å². The fourth-order valence-electron chi connectivity index (χ4n) is 3.83. The Morgan fingerprint density at radius 2 is 2.04 bits per heavy atom. The molecule has 1 aromatic carbocycles. The van der Waals surface area contributed by atoms with Crippen LogP contribution in [0, 0.1) is 0 Å². The second-order valence-corrected chi connectivity index (χ2v) is 6.88. The molecule has 0 spiro atoms. The summed E-state index contributed by atoms with van der Waals surface area (Å²) in [5.41, 5.74) is 2.39. The highest BCUT2D eigenvalue weighted by atomic mass is 16.4. The van der Waals surface area contributed by atoms with Crippen LogP contribution < -0.4 is 0 Å². The largest absolute Gasteiger partial charge is 0.481 e. The summed E-state index contributed by atoms with van der Waals surface area (Å²) in [5.74, 6) is -0.604. The molecular formula is C20H26N2O3. The Bertz CT molecular complexity index is 737. The molecule has 25 heavy (non-hydrogen) atoms. The number of benzene rings is 1.